The van der Waals surface area contributed by atoms with E-state index in [1.165, 1.54) is 5.56 Å². The highest BCUT2D eigenvalue weighted by Crippen LogP contribution is 2.30. The first-order chi connectivity index (χ1) is 11.7. The lowest BCUT2D eigenvalue weighted by molar-refractivity contribution is 0.194. The molecule has 0 fully saturated rings. The van der Waals surface area contributed by atoms with E-state index >= 15 is 0 Å². The third-order valence-electron chi connectivity index (χ3n) is 4.18. The van der Waals surface area contributed by atoms with Gasteiger partial charge in [0.15, 0.2) is 0 Å². The maximum absolute atomic E-state index is 6.23. The summed E-state index contributed by atoms with van der Waals surface area (Å²) >= 11 is 0. The Morgan fingerprint density at radius 3 is 2.29 bits per heavy atom. The van der Waals surface area contributed by atoms with Crippen LogP contribution >= 0.6 is 0 Å². The highest BCUT2D eigenvalue weighted by Gasteiger charge is 2.14. The Kier molecular flexibility index (Phi) is 4.99. The van der Waals surface area contributed by atoms with Gasteiger partial charge < -0.3 is 9.26 Å². The molecular formula is C21H23NO2. The molecule has 0 saturated carbocycles. The zero-order valence-corrected chi connectivity index (χ0v) is 14.5. The number of hydrogen-bond donors (Lipinski definition) is 0. The third kappa shape index (κ3) is 3.51. The molecule has 0 bridgehead atoms. The molecule has 3 rings (SSSR count). The van der Waals surface area contributed by atoms with Gasteiger partial charge in [-0.25, -0.2) is 0 Å². The summed E-state index contributed by atoms with van der Waals surface area (Å²) in [4.78, 5) is 0. The molecule has 1 aromatic heterocycles. The largest absolute Gasteiger partial charge is 0.486 e. The van der Waals surface area contributed by atoms with Crippen molar-refractivity contribution < 1.29 is 9.26 Å². The van der Waals surface area contributed by atoms with E-state index in [-0.39, 0.29) is 6.10 Å². The monoisotopic (exact) mass is 321 g/mol. The van der Waals surface area contributed by atoms with E-state index in [1.807, 2.05) is 32.0 Å². The first kappa shape index (κ1) is 16.3. The van der Waals surface area contributed by atoms with Crippen molar-refractivity contribution in [2.45, 2.75) is 39.7 Å². The summed E-state index contributed by atoms with van der Waals surface area (Å²) in [5.74, 6) is 1.72. The number of benzene rings is 2. The molecule has 0 aliphatic rings. The fourth-order valence-electron chi connectivity index (χ4n) is 2.98. The quantitative estimate of drug-likeness (QED) is 0.569. The second-order valence-corrected chi connectivity index (χ2v) is 6.03. The van der Waals surface area contributed by atoms with Crippen LogP contribution in [0, 0.1) is 13.8 Å². The lowest BCUT2D eigenvalue weighted by Gasteiger charge is -2.19. The summed E-state index contributed by atoms with van der Waals surface area (Å²) in [5, 5.41) is 4.02. The van der Waals surface area contributed by atoms with Crippen LogP contribution in [0.15, 0.2) is 59.1 Å². The Bertz CT molecular complexity index is 756. The molecule has 24 heavy (non-hydrogen) atoms. The second-order valence-electron chi connectivity index (χ2n) is 6.03. The first-order valence-corrected chi connectivity index (χ1v) is 8.44. The van der Waals surface area contributed by atoms with Gasteiger partial charge in [0.2, 0.25) is 0 Å². The Morgan fingerprint density at radius 1 is 1.00 bits per heavy atom. The fraction of sp³-hybridized carbons (Fsp3) is 0.286. The van der Waals surface area contributed by atoms with E-state index in [0.29, 0.717) is 0 Å². The van der Waals surface area contributed by atoms with Crippen LogP contribution in [0.5, 0.6) is 5.75 Å². The Morgan fingerprint density at radius 2 is 1.71 bits per heavy atom. The molecule has 0 amide bonds. The summed E-state index contributed by atoms with van der Waals surface area (Å²) < 4.78 is 11.5. The zero-order chi connectivity index (χ0) is 16.9. The SMILES string of the molecule is CCCC(Oc1ccc(-c2c(C)noc2C)cc1)c1ccccc1. The minimum absolute atomic E-state index is 0.0844. The van der Waals surface area contributed by atoms with Gasteiger partial charge >= 0.3 is 0 Å². The lowest BCUT2D eigenvalue weighted by atomic mass is 10.0. The van der Waals surface area contributed by atoms with Crippen LogP contribution in [0.2, 0.25) is 0 Å². The van der Waals surface area contributed by atoms with Crippen molar-refractivity contribution in [3.8, 4) is 16.9 Å². The number of aryl methyl sites for hydroxylation is 2. The van der Waals surface area contributed by atoms with Crippen LogP contribution in [0.1, 0.15) is 42.9 Å². The lowest BCUT2D eigenvalue weighted by Crippen LogP contribution is -2.07. The second kappa shape index (κ2) is 7.35. The molecular weight excluding hydrogens is 298 g/mol. The van der Waals surface area contributed by atoms with Crippen molar-refractivity contribution >= 4 is 0 Å². The Balaban J connectivity index is 1.80. The Hall–Kier alpha value is -2.55. The van der Waals surface area contributed by atoms with Crippen LogP contribution in [-0.2, 0) is 0 Å². The maximum atomic E-state index is 6.23. The summed E-state index contributed by atoms with van der Waals surface area (Å²) in [5.41, 5.74) is 4.29. The number of hydrogen-bond acceptors (Lipinski definition) is 3. The Labute approximate surface area is 143 Å². The van der Waals surface area contributed by atoms with Crippen LogP contribution in [-0.4, -0.2) is 5.16 Å². The molecule has 0 saturated heterocycles. The molecule has 0 aliphatic heterocycles. The highest BCUT2D eigenvalue weighted by molar-refractivity contribution is 5.68. The van der Waals surface area contributed by atoms with E-state index in [0.717, 1.165) is 41.2 Å². The minimum Gasteiger partial charge on any atom is -0.486 e. The predicted molar refractivity (Wildman–Crippen MR) is 96.1 cm³/mol. The van der Waals surface area contributed by atoms with Crippen molar-refractivity contribution in [3.05, 3.63) is 71.6 Å². The van der Waals surface area contributed by atoms with Gasteiger partial charge in [0.1, 0.15) is 17.6 Å². The van der Waals surface area contributed by atoms with Gasteiger partial charge in [0.25, 0.3) is 0 Å². The van der Waals surface area contributed by atoms with E-state index in [4.69, 9.17) is 9.26 Å². The number of aromatic nitrogens is 1. The molecule has 124 valence electrons. The molecule has 0 aliphatic carbocycles. The van der Waals surface area contributed by atoms with Crippen molar-refractivity contribution in [1.29, 1.82) is 0 Å². The van der Waals surface area contributed by atoms with E-state index in [1.54, 1.807) is 0 Å². The van der Waals surface area contributed by atoms with Crippen LogP contribution in [0.4, 0.5) is 0 Å². The topological polar surface area (TPSA) is 35.3 Å². The van der Waals surface area contributed by atoms with E-state index in [2.05, 4.69) is 48.5 Å². The highest BCUT2D eigenvalue weighted by atomic mass is 16.5. The first-order valence-electron chi connectivity index (χ1n) is 8.44. The van der Waals surface area contributed by atoms with Gasteiger partial charge in [-0.05, 0) is 43.5 Å². The van der Waals surface area contributed by atoms with Crippen LogP contribution < -0.4 is 4.74 Å². The predicted octanol–water partition coefficient (Wildman–Crippen LogP) is 5.88. The van der Waals surface area contributed by atoms with Gasteiger partial charge in [-0.15, -0.1) is 0 Å². The van der Waals surface area contributed by atoms with Crippen LogP contribution in [0.3, 0.4) is 0 Å². The molecule has 3 heteroatoms. The summed E-state index contributed by atoms with van der Waals surface area (Å²) in [6.07, 6.45) is 2.16. The third-order valence-corrected chi connectivity index (χ3v) is 4.18. The molecule has 0 N–H and O–H groups in total. The number of ether oxygens (including phenoxy) is 1. The number of nitrogens with zero attached hydrogens (tertiary/aromatic N) is 1. The molecule has 1 unspecified atom stereocenters. The van der Waals surface area contributed by atoms with E-state index < -0.39 is 0 Å². The van der Waals surface area contributed by atoms with Crippen molar-refractivity contribution in [3.63, 3.8) is 0 Å². The average molecular weight is 321 g/mol. The summed E-state index contributed by atoms with van der Waals surface area (Å²) in [7, 11) is 0. The van der Waals surface area contributed by atoms with E-state index in [9.17, 15) is 0 Å². The molecule has 3 aromatic rings. The maximum Gasteiger partial charge on any atom is 0.141 e. The zero-order valence-electron chi connectivity index (χ0n) is 14.5. The van der Waals surface area contributed by atoms with Gasteiger partial charge in [-0.2, -0.15) is 0 Å². The van der Waals surface area contributed by atoms with Gasteiger partial charge in [-0.3, -0.25) is 0 Å². The summed E-state index contributed by atoms with van der Waals surface area (Å²) in [6.45, 7) is 6.08. The smallest absolute Gasteiger partial charge is 0.141 e. The average Bonchev–Trinajstić information content (AvgIpc) is 2.95. The molecule has 0 radical (unpaired) electrons. The van der Waals surface area contributed by atoms with Crippen molar-refractivity contribution in [2.75, 3.05) is 0 Å². The normalized spacial score (nSPS) is 12.1. The van der Waals surface area contributed by atoms with Crippen molar-refractivity contribution in [1.82, 2.24) is 5.16 Å². The van der Waals surface area contributed by atoms with Crippen molar-refractivity contribution in [2.24, 2.45) is 0 Å². The van der Waals surface area contributed by atoms with Crippen LogP contribution in [0.25, 0.3) is 11.1 Å². The van der Waals surface area contributed by atoms with Gasteiger partial charge in [0.05, 0.1) is 5.69 Å². The molecule has 1 atom stereocenters. The molecule has 1 heterocycles. The number of rotatable bonds is 6. The minimum atomic E-state index is 0.0844. The molecule has 0 spiro atoms. The standard InChI is InChI=1S/C21H23NO2/c1-4-8-20(17-9-6-5-7-10-17)23-19-13-11-18(12-14-19)21-15(2)22-24-16(21)3/h5-7,9-14,20H,4,8H2,1-3H3. The van der Waals surface area contributed by atoms with Gasteiger partial charge in [0, 0.05) is 5.56 Å². The molecule has 3 nitrogen and oxygen atoms in total. The summed E-state index contributed by atoms with van der Waals surface area (Å²) in [6, 6.07) is 18.6. The molecule has 2 aromatic carbocycles. The van der Waals surface area contributed by atoms with Gasteiger partial charge in [-0.1, -0.05) is 61.0 Å². The fourth-order valence-corrected chi connectivity index (χ4v) is 2.98.